The molecule has 3 nitrogen and oxygen atoms in total. The largest absolute Gasteiger partial charge is 0.373 e. The van der Waals surface area contributed by atoms with E-state index in [0.29, 0.717) is 0 Å². The summed E-state index contributed by atoms with van der Waals surface area (Å²) in [4.78, 5) is 0. The van der Waals surface area contributed by atoms with Crippen LogP contribution in [0.1, 0.15) is 69.5 Å². The van der Waals surface area contributed by atoms with Crippen LogP contribution in [0, 0.1) is 0 Å². The first-order valence-electron chi connectivity index (χ1n) is 8.44. The fraction of sp³-hybridized carbons (Fsp3) is 0.667. The van der Waals surface area contributed by atoms with Crippen LogP contribution in [0.25, 0.3) is 0 Å². The minimum Gasteiger partial charge on any atom is -0.373 e. The molecule has 3 heteroatoms. The Morgan fingerprint density at radius 1 is 1.10 bits per heavy atom. The molecule has 118 valence electrons. The number of ether oxygens (including phenoxy) is 1. The van der Waals surface area contributed by atoms with Gasteiger partial charge in [0, 0.05) is 6.61 Å². The van der Waals surface area contributed by atoms with Crippen molar-refractivity contribution in [3.05, 3.63) is 35.4 Å². The highest BCUT2D eigenvalue weighted by atomic mass is 16.5. The number of benzene rings is 1. The number of hydrogen-bond acceptors (Lipinski definition) is 3. The molecular formula is C18H30N2O. The molecule has 1 aliphatic rings. The van der Waals surface area contributed by atoms with Crippen molar-refractivity contribution in [2.24, 2.45) is 5.84 Å². The van der Waals surface area contributed by atoms with Crippen LogP contribution in [-0.4, -0.2) is 12.2 Å². The van der Waals surface area contributed by atoms with E-state index in [1.807, 2.05) is 0 Å². The van der Waals surface area contributed by atoms with Gasteiger partial charge in [0.15, 0.2) is 0 Å². The second-order valence-electron chi connectivity index (χ2n) is 6.11. The van der Waals surface area contributed by atoms with E-state index in [1.165, 1.54) is 36.8 Å². The van der Waals surface area contributed by atoms with Crippen LogP contribution < -0.4 is 11.3 Å². The predicted molar refractivity (Wildman–Crippen MR) is 87.9 cm³/mol. The first kappa shape index (κ1) is 16.5. The Kier molecular flexibility index (Phi) is 6.22. The van der Waals surface area contributed by atoms with E-state index in [0.717, 1.165) is 25.9 Å². The van der Waals surface area contributed by atoms with E-state index in [1.54, 1.807) is 0 Å². The second-order valence-corrected chi connectivity index (χ2v) is 6.11. The molecule has 1 aromatic rings. The summed E-state index contributed by atoms with van der Waals surface area (Å²) in [7, 11) is 0. The van der Waals surface area contributed by atoms with Gasteiger partial charge in [-0.05, 0) is 37.3 Å². The van der Waals surface area contributed by atoms with E-state index in [2.05, 4.69) is 43.5 Å². The minimum atomic E-state index is -0.159. The van der Waals surface area contributed by atoms with Crippen molar-refractivity contribution in [1.82, 2.24) is 5.43 Å². The van der Waals surface area contributed by atoms with Gasteiger partial charge in [-0.1, -0.05) is 56.9 Å². The van der Waals surface area contributed by atoms with E-state index < -0.39 is 0 Å². The van der Waals surface area contributed by atoms with Gasteiger partial charge in [-0.3, -0.25) is 11.3 Å². The summed E-state index contributed by atoms with van der Waals surface area (Å²) in [5.41, 5.74) is 5.50. The van der Waals surface area contributed by atoms with Crippen LogP contribution >= 0.6 is 0 Å². The molecule has 0 heterocycles. The van der Waals surface area contributed by atoms with Gasteiger partial charge in [0.25, 0.3) is 0 Å². The lowest BCUT2D eigenvalue weighted by molar-refractivity contribution is -0.0782. The molecule has 2 rings (SSSR count). The Balaban J connectivity index is 2.28. The standard InChI is InChI=1S/C18H30N2O/c1-3-15-9-11-16(12-10-15)17(20-19)18(21-4-2)13-7-5-6-8-14-18/h9-12,17,20H,3-8,13-14,19H2,1-2H3. The van der Waals surface area contributed by atoms with Crippen molar-refractivity contribution < 1.29 is 4.74 Å². The monoisotopic (exact) mass is 290 g/mol. The Morgan fingerprint density at radius 3 is 2.19 bits per heavy atom. The topological polar surface area (TPSA) is 47.3 Å². The third-order valence-corrected chi connectivity index (χ3v) is 4.80. The summed E-state index contributed by atoms with van der Waals surface area (Å²) in [5.74, 6) is 5.94. The highest BCUT2D eigenvalue weighted by Gasteiger charge is 2.40. The molecule has 0 bridgehead atoms. The third kappa shape index (κ3) is 3.85. The second kappa shape index (κ2) is 7.92. The molecule has 1 saturated carbocycles. The van der Waals surface area contributed by atoms with Crippen molar-refractivity contribution >= 4 is 0 Å². The normalized spacial score (nSPS) is 20.0. The lowest BCUT2D eigenvalue weighted by Gasteiger charge is -2.40. The van der Waals surface area contributed by atoms with Crippen LogP contribution in [0.2, 0.25) is 0 Å². The highest BCUT2D eigenvalue weighted by Crippen LogP contribution is 2.40. The van der Waals surface area contributed by atoms with Gasteiger partial charge >= 0.3 is 0 Å². The number of nitrogens with one attached hydrogen (secondary N) is 1. The van der Waals surface area contributed by atoms with Crippen LogP contribution in [0.15, 0.2) is 24.3 Å². The van der Waals surface area contributed by atoms with Crippen LogP contribution in [0.5, 0.6) is 0 Å². The number of rotatable bonds is 6. The Bertz CT molecular complexity index is 408. The third-order valence-electron chi connectivity index (χ3n) is 4.80. The minimum absolute atomic E-state index is 0.0708. The predicted octanol–water partition coefficient (Wildman–Crippen LogP) is 3.88. The maximum Gasteiger partial charge on any atom is 0.0889 e. The Labute approximate surface area is 129 Å². The fourth-order valence-electron chi connectivity index (χ4n) is 3.63. The molecule has 0 saturated heterocycles. The summed E-state index contributed by atoms with van der Waals surface area (Å²) >= 11 is 0. The molecule has 0 aliphatic heterocycles. The molecule has 1 atom stereocenters. The average molecular weight is 290 g/mol. The molecule has 1 unspecified atom stereocenters. The molecule has 1 aromatic carbocycles. The molecule has 1 aliphatic carbocycles. The van der Waals surface area contributed by atoms with E-state index in [9.17, 15) is 0 Å². The SMILES string of the molecule is CCOC1(C(NN)c2ccc(CC)cc2)CCCCCC1. The summed E-state index contributed by atoms with van der Waals surface area (Å²) in [6.07, 6.45) is 8.31. The number of hydrogen-bond donors (Lipinski definition) is 2. The molecular weight excluding hydrogens is 260 g/mol. The van der Waals surface area contributed by atoms with Gasteiger partial charge in [0.2, 0.25) is 0 Å². The summed E-state index contributed by atoms with van der Waals surface area (Å²) in [6, 6.07) is 8.89. The van der Waals surface area contributed by atoms with Crippen molar-refractivity contribution in [3.8, 4) is 0 Å². The lowest BCUT2D eigenvalue weighted by atomic mass is 9.82. The van der Waals surface area contributed by atoms with Gasteiger partial charge < -0.3 is 4.74 Å². The maximum absolute atomic E-state index is 6.27. The average Bonchev–Trinajstić information content (AvgIpc) is 2.75. The summed E-state index contributed by atoms with van der Waals surface area (Å²) < 4.78 is 6.27. The molecule has 21 heavy (non-hydrogen) atoms. The lowest BCUT2D eigenvalue weighted by Crippen LogP contribution is -2.48. The van der Waals surface area contributed by atoms with Crippen LogP contribution in [-0.2, 0) is 11.2 Å². The summed E-state index contributed by atoms with van der Waals surface area (Å²) in [6.45, 7) is 5.01. The summed E-state index contributed by atoms with van der Waals surface area (Å²) in [5, 5.41) is 0. The van der Waals surface area contributed by atoms with Gasteiger partial charge in [0.05, 0.1) is 11.6 Å². The molecule has 0 spiro atoms. The van der Waals surface area contributed by atoms with Crippen molar-refractivity contribution in [1.29, 1.82) is 0 Å². The van der Waals surface area contributed by atoms with Crippen LogP contribution in [0.3, 0.4) is 0 Å². The van der Waals surface area contributed by atoms with Crippen molar-refractivity contribution in [3.63, 3.8) is 0 Å². The van der Waals surface area contributed by atoms with Gasteiger partial charge in [0.1, 0.15) is 0 Å². The van der Waals surface area contributed by atoms with Crippen molar-refractivity contribution in [2.45, 2.75) is 70.4 Å². The number of hydrazine groups is 1. The first-order chi connectivity index (χ1) is 10.3. The number of aryl methyl sites for hydroxylation is 1. The zero-order valence-electron chi connectivity index (χ0n) is 13.5. The van der Waals surface area contributed by atoms with E-state index >= 15 is 0 Å². The quantitative estimate of drug-likeness (QED) is 0.475. The van der Waals surface area contributed by atoms with Gasteiger partial charge in [-0.15, -0.1) is 0 Å². The van der Waals surface area contributed by atoms with Gasteiger partial charge in [-0.25, -0.2) is 0 Å². The highest BCUT2D eigenvalue weighted by molar-refractivity contribution is 5.27. The Hall–Kier alpha value is -0.900. The van der Waals surface area contributed by atoms with Gasteiger partial charge in [-0.2, -0.15) is 0 Å². The zero-order chi connectivity index (χ0) is 15.1. The van der Waals surface area contributed by atoms with Crippen LogP contribution in [0.4, 0.5) is 0 Å². The molecule has 1 fully saturated rings. The molecule has 0 amide bonds. The van der Waals surface area contributed by atoms with E-state index in [-0.39, 0.29) is 11.6 Å². The van der Waals surface area contributed by atoms with Crippen molar-refractivity contribution in [2.75, 3.05) is 6.61 Å². The zero-order valence-corrected chi connectivity index (χ0v) is 13.5. The smallest absolute Gasteiger partial charge is 0.0889 e. The maximum atomic E-state index is 6.27. The number of nitrogens with two attached hydrogens (primary N) is 1. The molecule has 3 N–H and O–H groups in total. The van der Waals surface area contributed by atoms with E-state index in [4.69, 9.17) is 10.6 Å². The molecule has 0 radical (unpaired) electrons. The Morgan fingerprint density at radius 2 is 1.71 bits per heavy atom. The fourth-order valence-corrected chi connectivity index (χ4v) is 3.63. The molecule has 0 aromatic heterocycles. The first-order valence-corrected chi connectivity index (χ1v) is 8.44.